The van der Waals surface area contributed by atoms with Crippen LogP contribution in [-0.2, 0) is 6.54 Å². The van der Waals surface area contributed by atoms with Crippen molar-refractivity contribution in [2.45, 2.75) is 6.54 Å². The minimum Gasteiger partial charge on any atom is -0.336 e. The maximum absolute atomic E-state index is 11.9. The van der Waals surface area contributed by atoms with Crippen molar-refractivity contribution in [1.82, 2.24) is 29.9 Å². The van der Waals surface area contributed by atoms with Gasteiger partial charge in [0.1, 0.15) is 12.7 Å². The van der Waals surface area contributed by atoms with Gasteiger partial charge in [-0.05, 0) is 24.3 Å². The Bertz CT molecular complexity index is 952. The van der Waals surface area contributed by atoms with Crippen molar-refractivity contribution in [2.24, 2.45) is 0 Å². The second-order valence-electron chi connectivity index (χ2n) is 5.13. The lowest BCUT2D eigenvalue weighted by Gasteiger charge is -2.10. The number of amides is 2. The number of benzene rings is 1. The van der Waals surface area contributed by atoms with Gasteiger partial charge in [-0.25, -0.2) is 19.1 Å². The SMILES string of the molecule is O=C(NCCn1nc(-n2cncn2)ccc1=O)Nc1cc(Cl)cc(Cl)c1. The Morgan fingerprint density at radius 2 is 1.92 bits per heavy atom. The number of halogens is 2. The molecule has 2 amide bonds. The lowest BCUT2D eigenvalue weighted by molar-refractivity contribution is 0.251. The highest BCUT2D eigenvalue weighted by atomic mass is 35.5. The molecule has 2 N–H and O–H groups in total. The van der Waals surface area contributed by atoms with E-state index in [0.29, 0.717) is 21.6 Å². The molecule has 0 atom stereocenters. The van der Waals surface area contributed by atoms with Crippen molar-refractivity contribution < 1.29 is 4.79 Å². The Balaban J connectivity index is 1.58. The van der Waals surface area contributed by atoms with Crippen molar-refractivity contribution in [3.05, 3.63) is 63.4 Å². The van der Waals surface area contributed by atoms with Gasteiger partial charge in [-0.1, -0.05) is 23.2 Å². The zero-order chi connectivity index (χ0) is 18.5. The van der Waals surface area contributed by atoms with Crippen LogP contribution >= 0.6 is 23.2 Å². The molecular formula is C15H13Cl2N7O2. The third-order valence-corrected chi connectivity index (χ3v) is 3.67. The highest BCUT2D eigenvalue weighted by molar-refractivity contribution is 6.35. The van der Waals surface area contributed by atoms with Crippen LogP contribution in [0.2, 0.25) is 10.0 Å². The summed E-state index contributed by atoms with van der Waals surface area (Å²) in [4.78, 5) is 27.6. The summed E-state index contributed by atoms with van der Waals surface area (Å²) in [7, 11) is 0. The number of rotatable bonds is 5. The number of carbonyl (C=O) groups excluding carboxylic acids is 1. The van der Waals surface area contributed by atoms with Crippen molar-refractivity contribution >= 4 is 34.9 Å². The quantitative estimate of drug-likeness (QED) is 0.688. The Morgan fingerprint density at radius 3 is 2.62 bits per heavy atom. The predicted molar refractivity (Wildman–Crippen MR) is 96.9 cm³/mol. The summed E-state index contributed by atoms with van der Waals surface area (Å²) in [6.07, 6.45) is 2.84. The molecule has 0 unspecified atom stereocenters. The van der Waals surface area contributed by atoms with Gasteiger partial charge in [0.05, 0.1) is 6.54 Å². The normalized spacial score (nSPS) is 10.5. The molecule has 0 saturated carbocycles. The summed E-state index contributed by atoms with van der Waals surface area (Å²) in [6.45, 7) is 0.374. The molecule has 3 aromatic rings. The van der Waals surface area contributed by atoms with E-state index >= 15 is 0 Å². The molecule has 0 saturated heterocycles. The monoisotopic (exact) mass is 393 g/mol. The molecule has 11 heteroatoms. The number of hydrogen-bond donors (Lipinski definition) is 2. The molecule has 0 aliphatic carbocycles. The van der Waals surface area contributed by atoms with Crippen LogP contribution in [0.3, 0.4) is 0 Å². The first-order chi connectivity index (χ1) is 12.5. The van der Waals surface area contributed by atoms with Crippen LogP contribution in [0.25, 0.3) is 5.82 Å². The Kier molecular flexibility index (Phi) is 5.49. The minimum absolute atomic E-state index is 0.186. The lowest BCUT2D eigenvalue weighted by atomic mass is 10.3. The highest BCUT2D eigenvalue weighted by Gasteiger charge is 2.06. The molecule has 0 spiro atoms. The molecule has 0 bridgehead atoms. The van der Waals surface area contributed by atoms with Gasteiger partial charge in [-0.3, -0.25) is 4.79 Å². The molecule has 0 aliphatic rings. The second-order valence-corrected chi connectivity index (χ2v) is 6.00. The standard InChI is InChI=1S/C15H13Cl2N7O2/c16-10-5-11(17)7-12(6-10)21-15(26)19-3-4-23-14(25)2-1-13(22-23)24-9-18-8-20-24/h1-2,5-9H,3-4H2,(H2,19,21,26). The number of carbonyl (C=O) groups is 1. The number of anilines is 1. The summed E-state index contributed by atoms with van der Waals surface area (Å²) in [5.74, 6) is 0.445. The van der Waals surface area contributed by atoms with E-state index in [9.17, 15) is 9.59 Å². The summed E-state index contributed by atoms with van der Waals surface area (Å²) in [5.41, 5.74) is 0.168. The smallest absolute Gasteiger partial charge is 0.319 e. The van der Waals surface area contributed by atoms with E-state index in [1.165, 1.54) is 34.2 Å². The van der Waals surface area contributed by atoms with Gasteiger partial charge in [0.2, 0.25) is 0 Å². The van der Waals surface area contributed by atoms with E-state index < -0.39 is 6.03 Å². The first-order valence-electron chi connectivity index (χ1n) is 7.45. The van der Waals surface area contributed by atoms with E-state index in [2.05, 4.69) is 25.8 Å². The molecule has 1 aromatic carbocycles. The maximum Gasteiger partial charge on any atom is 0.319 e. The van der Waals surface area contributed by atoms with Crippen LogP contribution in [0, 0.1) is 0 Å². The summed E-state index contributed by atoms with van der Waals surface area (Å²) >= 11 is 11.8. The lowest BCUT2D eigenvalue weighted by Crippen LogP contribution is -2.34. The van der Waals surface area contributed by atoms with E-state index in [1.54, 1.807) is 18.2 Å². The molecule has 0 aliphatic heterocycles. The van der Waals surface area contributed by atoms with Gasteiger partial charge in [-0.2, -0.15) is 5.10 Å². The third-order valence-electron chi connectivity index (χ3n) is 3.24. The number of nitrogens with zero attached hydrogens (tertiary/aromatic N) is 5. The van der Waals surface area contributed by atoms with E-state index in [-0.39, 0.29) is 18.6 Å². The maximum atomic E-state index is 11.9. The molecular weight excluding hydrogens is 381 g/mol. The van der Waals surface area contributed by atoms with Gasteiger partial charge < -0.3 is 10.6 Å². The van der Waals surface area contributed by atoms with Gasteiger partial charge in [0.15, 0.2) is 5.82 Å². The fraction of sp³-hybridized carbons (Fsp3) is 0.133. The van der Waals surface area contributed by atoms with Gasteiger partial charge in [0.25, 0.3) is 5.56 Å². The van der Waals surface area contributed by atoms with Crippen LogP contribution in [0.1, 0.15) is 0 Å². The molecule has 26 heavy (non-hydrogen) atoms. The number of aromatic nitrogens is 5. The average Bonchev–Trinajstić information content (AvgIpc) is 3.10. The van der Waals surface area contributed by atoms with Crippen LogP contribution < -0.4 is 16.2 Å². The Labute approximate surface area is 157 Å². The fourth-order valence-electron chi connectivity index (χ4n) is 2.12. The minimum atomic E-state index is -0.455. The van der Waals surface area contributed by atoms with E-state index in [0.717, 1.165) is 0 Å². The Morgan fingerprint density at radius 1 is 1.15 bits per heavy atom. The highest BCUT2D eigenvalue weighted by Crippen LogP contribution is 2.22. The summed E-state index contributed by atoms with van der Waals surface area (Å²) in [6, 6.07) is 7.16. The van der Waals surface area contributed by atoms with E-state index in [4.69, 9.17) is 23.2 Å². The van der Waals surface area contributed by atoms with Crippen LogP contribution in [0.5, 0.6) is 0 Å². The van der Waals surface area contributed by atoms with Crippen molar-refractivity contribution in [1.29, 1.82) is 0 Å². The number of urea groups is 1. The Hall–Kier alpha value is -2.91. The summed E-state index contributed by atoms with van der Waals surface area (Å²) in [5, 5.41) is 14.2. The molecule has 3 rings (SSSR count). The third kappa shape index (κ3) is 4.58. The first-order valence-corrected chi connectivity index (χ1v) is 8.21. The number of hydrogen-bond acceptors (Lipinski definition) is 5. The van der Waals surface area contributed by atoms with Gasteiger partial charge in [0, 0.05) is 28.3 Å². The molecule has 9 nitrogen and oxygen atoms in total. The fourth-order valence-corrected chi connectivity index (χ4v) is 2.65. The van der Waals surface area contributed by atoms with Gasteiger partial charge >= 0.3 is 6.03 Å². The molecule has 0 fully saturated rings. The largest absolute Gasteiger partial charge is 0.336 e. The van der Waals surface area contributed by atoms with Gasteiger partial charge in [-0.15, -0.1) is 5.10 Å². The molecule has 2 heterocycles. The predicted octanol–water partition coefficient (Wildman–Crippen LogP) is 1.95. The summed E-state index contributed by atoms with van der Waals surface area (Å²) < 4.78 is 2.66. The molecule has 2 aromatic heterocycles. The topological polar surface area (TPSA) is 107 Å². The molecule has 0 radical (unpaired) electrons. The van der Waals surface area contributed by atoms with Crippen molar-refractivity contribution in [2.75, 3.05) is 11.9 Å². The zero-order valence-electron chi connectivity index (χ0n) is 13.3. The zero-order valence-corrected chi connectivity index (χ0v) is 14.8. The van der Waals surface area contributed by atoms with E-state index in [1.807, 2.05) is 0 Å². The van der Waals surface area contributed by atoms with Crippen molar-refractivity contribution in [3.8, 4) is 5.82 Å². The number of nitrogens with one attached hydrogen (secondary N) is 2. The average molecular weight is 394 g/mol. The van der Waals surface area contributed by atoms with Crippen LogP contribution in [0.15, 0.2) is 47.8 Å². The first kappa shape index (κ1) is 17.9. The van der Waals surface area contributed by atoms with Crippen LogP contribution in [0.4, 0.5) is 10.5 Å². The van der Waals surface area contributed by atoms with Crippen LogP contribution in [-0.4, -0.2) is 37.1 Å². The van der Waals surface area contributed by atoms with Crippen molar-refractivity contribution in [3.63, 3.8) is 0 Å². The second kappa shape index (κ2) is 7.98. The molecule has 134 valence electrons.